The lowest BCUT2D eigenvalue weighted by molar-refractivity contribution is 0.0366. The normalized spacial score (nSPS) is 23.3. The standard InChI is InChI=1S/C20H23N3O2S/c1-12-22-16-10-18(15-9-14(24)7-8-17(15)25)26-19(16)20(23-12)21-11-13-5-3-2-4-6-13/h2-6,10,14-15,17,24-25H,7-9,11H2,1H3,(H,21,22,23). The van der Waals surface area contributed by atoms with Crippen molar-refractivity contribution in [2.75, 3.05) is 5.32 Å². The minimum Gasteiger partial charge on any atom is -0.393 e. The number of aliphatic hydroxyl groups is 2. The van der Waals surface area contributed by atoms with Gasteiger partial charge in [0.2, 0.25) is 0 Å². The molecule has 0 radical (unpaired) electrons. The minimum atomic E-state index is -0.402. The fourth-order valence-corrected chi connectivity index (χ4v) is 4.82. The Hall–Kier alpha value is -2.02. The van der Waals surface area contributed by atoms with Gasteiger partial charge in [-0.25, -0.2) is 9.97 Å². The molecule has 2 aromatic heterocycles. The molecule has 0 bridgehead atoms. The van der Waals surface area contributed by atoms with Crippen LogP contribution in [0.25, 0.3) is 10.2 Å². The summed E-state index contributed by atoms with van der Waals surface area (Å²) in [6, 6.07) is 12.3. The highest BCUT2D eigenvalue weighted by atomic mass is 32.1. The Morgan fingerprint density at radius 1 is 1.15 bits per heavy atom. The van der Waals surface area contributed by atoms with Gasteiger partial charge in [0.1, 0.15) is 11.6 Å². The molecule has 136 valence electrons. The van der Waals surface area contributed by atoms with Crippen LogP contribution < -0.4 is 5.32 Å². The second kappa shape index (κ2) is 7.31. The van der Waals surface area contributed by atoms with Gasteiger partial charge in [-0.2, -0.15) is 0 Å². The number of aliphatic hydroxyl groups excluding tert-OH is 2. The maximum absolute atomic E-state index is 10.4. The van der Waals surface area contributed by atoms with E-state index in [0.717, 1.165) is 26.7 Å². The molecular weight excluding hydrogens is 346 g/mol. The molecule has 1 aliphatic carbocycles. The Labute approximate surface area is 156 Å². The van der Waals surface area contributed by atoms with Crippen LogP contribution in [0.1, 0.15) is 41.4 Å². The number of rotatable bonds is 4. The van der Waals surface area contributed by atoms with Crippen molar-refractivity contribution in [2.45, 2.75) is 50.9 Å². The van der Waals surface area contributed by atoms with Crippen LogP contribution in [0.3, 0.4) is 0 Å². The van der Waals surface area contributed by atoms with E-state index in [4.69, 9.17) is 0 Å². The second-order valence-electron chi connectivity index (χ2n) is 6.96. The topological polar surface area (TPSA) is 78.3 Å². The molecule has 2 heterocycles. The molecule has 0 spiro atoms. The van der Waals surface area contributed by atoms with E-state index in [-0.39, 0.29) is 12.0 Å². The molecule has 5 nitrogen and oxygen atoms in total. The van der Waals surface area contributed by atoms with E-state index in [0.29, 0.717) is 25.8 Å². The third kappa shape index (κ3) is 3.58. The van der Waals surface area contributed by atoms with E-state index < -0.39 is 6.10 Å². The van der Waals surface area contributed by atoms with E-state index >= 15 is 0 Å². The molecule has 4 rings (SSSR count). The van der Waals surface area contributed by atoms with E-state index in [1.54, 1.807) is 11.3 Å². The molecule has 0 aliphatic heterocycles. The van der Waals surface area contributed by atoms with Gasteiger partial charge in [-0.15, -0.1) is 11.3 Å². The first kappa shape index (κ1) is 17.4. The van der Waals surface area contributed by atoms with Crippen molar-refractivity contribution in [3.63, 3.8) is 0 Å². The van der Waals surface area contributed by atoms with Crippen LogP contribution in [0.5, 0.6) is 0 Å². The van der Waals surface area contributed by atoms with Gasteiger partial charge in [0, 0.05) is 17.3 Å². The summed E-state index contributed by atoms with van der Waals surface area (Å²) < 4.78 is 1.01. The van der Waals surface area contributed by atoms with Crippen molar-refractivity contribution in [1.82, 2.24) is 9.97 Å². The summed E-state index contributed by atoms with van der Waals surface area (Å²) in [6.45, 7) is 2.59. The number of nitrogens with zero attached hydrogens (tertiary/aromatic N) is 2. The van der Waals surface area contributed by atoms with Crippen molar-refractivity contribution in [2.24, 2.45) is 0 Å². The number of hydrogen-bond acceptors (Lipinski definition) is 6. The molecule has 1 aromatic carbocycles. The number of hydrogen-bond donors (Lipinski definition) is 3. The lowest BCUT2D eigenvalue weighted by Gasteiger charge is -2.30. The zero-order chi connectivity index (χ0) is 18.1. The lowest BCUT2D eigenvalue weighted by atomic mass is 9.84. The number of aryl methyl sites for hydroxylation is 1. The highest BCUT2D eigenvalue weighted by Crippen LogP contribution is 2.40. The van der Waals surface area contributed by atoms with Crippen molar-refractivity contribution in [3.05, 3.63) is 52.7 Å². The van der Waals surface area contributed by atoms with Crippen LogP contribution in [0, 0.1) is 6.92 Å². The van der Waals surface area contributed by atoms with E-state index in [2.05, 4.69) is 27.4 Å². The summed E-state index contributed by atoms with van der Waals surface area (Å²) in [5, 5.41) is 23.8. The minimum absolute atomic E-state index is 0.0276. The third-order valence-corrected chi connectivity index (χ3v) is 6.22. The van der Waals surface area contributed by atoms with Crippen molar-refractivity contribution in [1.29, 1.82) is 0 Å². The number of nitrogens with one attached hydrogen (secondary N) is 1. The van der Waals surface area contributed by atoms with Gasteiger partial charge in [-0.3, -0.25) is 0 Å². The summed E-state index contributed by atoms with van der Waals surface area (Å²) in [4.78, 5) is 10.2. The van der Waals surface area contributed by atoms with Crippen molar-refractivity contribution < 1.29 is 10.2 Å². The maximum atomic E-state index is 10.4. The SMILES string of the molecule is Cc1nc(NCc2ccccc2)c2sc(C3CC(O)CCC3O)cc2n1. The Morgan fingerprint density at radius 3 is 2.77 bits per heavy atom. The summed E-state index contributed by atoms with van der Waals surface area (Å²) in [6.07, 6.45) is 1.18. The van der Waals surface area contributed by atoms with E-state index in [1.807, 2.05) is 31.2 Å². The van der Waals surface area contributed by atoms with Crippen LogP contribution >= 0.6 is 11.3 Å². The first-order valence-corrected chi connectivity index (χ1v) is 9.84. The maximum Gasteiger partial charge on any atom is 0.148 e. The van der Waals surface area contributed by atoms with E-state index in [1.165, 1.54) is 5.56 Å². The van der Waals surface area contributed by atoms with Gasteiger partial charge in [-0.1, -0.05) is 30.3 Å². The fourth-order valence-electron chi connectivity index (χ4n) is 3.59. The van der Waals surface area contributed by atoms with Gasteiger partial charge in [0.05, 0.1) is 22.4 Å². The van der Waals surface area contributed by atoms with Crippen molar-refractivity contribution in [3.8, 4) is 0 Å². The predicted octanol–water partition coefficient (Wildman–Crippen LogP) is 3.60. The Bertz CT molecular complexity index is 897. The van der Waals surface area contributed by atoms with Crippen LogP contribution in [0.2, 0.25) is 0 Å². The summed E-state index contributed by atoms with van der Waals surface area (Å²) in [5.74, 6) is 1.53. The molecule has 0 saturated heterocycles. The lowest BCUT2D eigenvalue weighted by Crippen LogP contribution is -2.29. The molecule has 3 atom stereocenters. The molecule has 1 saturated carbocycles. The average molecular weight is 369 g/mol. The molecule has 3 aromatic rings. The smallest absolute Gasteiger partial charge is 0.148 e. The predicted molar refractivity (Wildman–Crippen MR) is 105 cm³/mol. The first-order valence-electron chi connectivity index (χ1n) is 9.02. The highest BCUT2D eigenvalue weighted by Gasteiger charge is 2.31. The van der Waals surface area contributed by atoms with Crippen LogP contribution in [-0.2, 0) is 6.54 Å². The Balaban J connectivity index is 1.64. The Morgan fingerprint density at radius 2 is 1.96 bits per heavy atom. The summed E-state index contributed by atoms with van der Waals surface area (Å²) >= 11 is 1.62. The van der Waals surface area contributed by atoms with E-state index in [9.17, 15) is 10.2 Å². The Kier molecular flexibility index (Phi) is 4.89. The molecule has 1 fully saturated rings. The number of fused-ring (bicyclic) bond motifs is 1. The quantitative estimate of drug-likeness (QED) is 0.655. The van der Waals surface area contributed by atoms with Crippen molar-refractivity contribution >= 4 is 27.4 Å². The number of anilines is 1. The summed E-state index contributed by atoms with van der Waals surface area (Å²) in [7, 11) is 0. The third-order valence-electron chi connectivity index (χ3n) is 4.96. The molecule has 26 heavy (non-hydrogen) atoms. The zero-order valence-corrected chi connectivity index (χ0v) is 15.5. The molecule has 3 unspecified atom stereocenters. The molecular formula is C20H23N3O2S. The largest absolute Gasteiger partial charge is 0.393 e. The van der Waals surface area contributed by atoms with Crippen LogP contribution in [0.4, 0.5) is 5.82 Å². The van der Waals surface area contributed by atoms with Gasteiger partial charge in [0.15, 0.2) is 0 Å². The van der Waals surface area contributed by atoms with Gasteiger partial charge < -0.3 is 15.5 Å². The fraction of sp³-hybridized carbons (Fsp3) is 0.400. The number of aromatic nitrogens is 2. The van der Waals surface area contributed by atoms with Crippen LogP contribution in [-0.4, -0.2) is 32.4 Å². The molecule has 1 aliphatic rings. The summed E-state index contributed by atoms with van der Waals surface area (Å²) in [5.41, 5.74) is 2.10. The highest BCUT2D eigenvalue weighted by molar-refractivity contribution is 7.19. The van der Waals surface area contributed by atoms with Gasteiger partial charge in [-0.05, 0) is 37.8 Å². The second-order valence-corrected chi connectivity index (χ2v) is 8.05. The molecule has 6 heteroatoms. The average Bonchev–Trinajstić information content (AvgIpc) is 3.06. The monoisotopic (exact) mass is 369 g/mol. The number of benzene rings is 1. The molecule has 3 N–H and O–H groups in total. The van der Waals surface area contributed by atoms with Gasteiger partial charge >= 0.3 is 0 Å². The van der Waals surface area contributed by atoms with Crippen LogP contribution in [0.15, 0.2) is 36.4 Å². The molecule has 0 amide bonds. The first-order chi connectivity index (χ1) is 12.6. The zero-order valence-electron chi connectivity index (χ0n) is 14.7. The number of thiophene rings is 1. The van der Waals surface area contributed by atoms with Gasteiger partial charge in [0.25, 0.3) is 0 Å².